The van der Waals surface area contributed by atoms with Crippen LogP contribution < -0.4 is 9.47 Å². The lowest BCUT2D eigenvalue weighted by Crippen LogP contribution is -2.12. The highest BCUT2D eigenvalue weighted by molar-refractivity contribution is 5.89. The molecule has 0 saturated heterocycles. The maximum Gasteiger partial charge on any atom is 0.333 e. The van der Waals surface area contributed by atoms with E-state index in [1.165, 1.54) is 0 Å². The van der Waals surface area contributed by atoms with Crippen LogP contribution in [0.1, 0.15) is 19.4 Å². The van der Waals surface area contributed by atoms with E-state index in [9.17, 15) is 9.59 Å². The Morgan fingerprint density at radius 1 is 0.828 bits per heavy atom. The average molecular weight is 398 g/mol. The molecule has 0 aliphatic rings. The number of fused-ring (bicyclic) bond motifs is 1. The number of ether oxygens (including phenoxy) is 4. The van der Waals surface area contributed by atoms with Crippen LogP contribution in [-0.4, -0.2) is 38.4 Å². The molecule has 154 valence electrons. The molecule has 0 N–H and O–H groups in total. The first-order valence-electron chi connectivity index (χ1n) is 9.24. The van der Waals surface area contributed by atoms with Gasteiger partial charge in [0.25, 0.3) is 0 Å². The molecule has 0 unspecified atom stereocenters. The second-order valence-corrected chi connectivity index (χ2v) is 6.60. The third-order valence-corrected chi connectivity index (χ3v) is 4.07. The van der Waals surface area contributed by atoms with Crippen LogP contribution in [-0.2, 0) is 19.1 Å². The fourth-order valence-corrected chi connectivity index (χ4v) is 2.52. The Bertz CT molecular complexity index is 928. The number of carbonyl (C=O) groups is 2. The molecule has 2 aromatic carbocycles. The van der Waals surface area contributed by atoms with Gasteiger partial charge in [-0.05, 0) is 55.3 Å². The largest absolute Gasteiger partial charge is 0.490 e. The minimum atomic E-state index is -0.426. The first kappa shape index (κ1) is 22.0. The van der Waals surface area contributed by atoms with Crippen molar-refractivity contribution in [3.05, 3.63) is 60.2 Å². The molecule has 2 aromatic rings. The van der Waals surface area contributed by atoms with Crippen molar-refractivity contribution in [2.24, 2.45) is 0 Å². The molecule has 6 nitrogen and oxygen atoms in total. The van der Waals surface area contributed by atoms with Gasteiger partial charge in [-0.15, -0.1) is 0 Å². The summed E-state index contributed by atoms with van der Waals surface area (Å²) in [4.78, 5) is 22.7. The topological polar surface area (TPSA) is 71.1 Å². The minimum Gasteiger partial charge on any atom is -0.490 e. The molecule has 0 heterocycles. The van der Waals surface area contributed by atoms with Crippen LogP contribution in [0.4, 0.5) is 0 Å². The van der Waals surface area contributed by atoms with Crippen molar-refractivity contribution in [1.82, 2.24) is 0 Å². The molecule has 0 aliphatic heterocycles. The predicted molar refractivity (Wildman–Crippen MR) is 111 cm³/mol. The zero-order valence-corrected chi connectivity index (χ0v) is 17.1. The van der Waals surface area contributed by atoms with E-state index in [1.807, 2.05) is 37.3 Å². The van der Waals surface area contributed by atoms with E-state index in [4.69, 9.17) is 18.9 Å². The first-order chi connectivity index (χ1) is 13.8. The number of rotatable bonds is 10. The van der Waals surface area contributed by atoms with Crippen LogP contribution in [0.3, 0.4) is 0 Å². The average Bonchev–Trinajstić information content (AvgIpc) is 2.69. The molecule has 0 aromatic heterocycles. The Morgan fingerprint density at radius 2 is 1.41 bits per heavy atom. The summed E-state index contributed by atoms with van der Waals surface area (Å²) >= 11 is 0. The summed E-state index contributed by atoms with van der Waals surface area (Å²) in [7, 11) is 0. The summed E-state index contributed by atoms with van der Waals surface area (Å²) in [5.41, 5.74) is 1.70. The summed E-state index contributed by atoms with van der Waals surface area (Å²) in [5, 5.41) is 2.03. The monoisotopic (exact) mass is 398 g/mol. The van der Waals surface area contributed by atoms with Crippen LogP contribution in [0.5, 0.6) is 11.5 Å². The highest BCUT2D eigenvalue weighted by Gasteiger charge is 2.08. The van der Waals surface area contributed by atoms with E-state index in [0.717, 1.165) is 22.1 Å². The lowest BCUT2D eigenvalue weighted by atomic mass is 10.0. The first-order valence-corrected chi connectivity index (χ1v) is 9.24. The Balaban J connectivity index is 1.92. The smallest absolute Gasteiger partial charge is 0.333 e. The Morgan fingerprint density at radius 3 is 2.00 bits per heavy atom. The number of benzene rings is 2. The molecule has 29 heavy (non-hydrogen) atoms. The summed E-state index contributed by atoms with van der Waals surface area (Å²) < 4.78 is 21.4. The standard InChI is InChI=1S/C23H26O6/c1-15(2)22(24)28-12-10-26-19-7-8-20-17(5)21(9-6-18(20)14-19)27-11-13-29-23(25)16(3)4/h6-9,14H,1,3,10-13H2,2,4-5H3. The number of aryl methyl sites for hydroxylation is 1. The van der Waals surface area contributed by atoms with Gasteiger partial charge < -0.3 is 18.9 Å². The molecule has 0 amide bonds. The molecule has 6 heteroatoms. The lowest BCUT2D eigenvalue weighted by molar-refractivity contribution is -0.140. The van der Waals surface area contributed by atoms with E-state index < -0.39 is 11.9 Å². The SMILES string of the molecule is C=C(C)C(=O)OCCOc1ccc2c(C)c(OCCOC(=O)C(=C)C)ccc2c1. The third kappa shape index (κ3) is 6.38. The van der Waals surface area contributed by atoms with Gasteiger partial charge in [0, 0.05) is 11.1 Å². The van der Waals surface area contributed by atoms with Crippen LogP contribution in [0.2, 0.25) is 0 Å². The maximum atomic E-state index is 11.4. The van der Waals surface area contributed by atoms with Crippen molar-refractivity contribution >= 4 is 22.7 Å². The normalized spacial score (nSPS) is 10.3. The molecule has 2 rings (SSSR count). The Kier molecular flexibility index (Phi) is 7.83. The molecule has 0 aliphatic carbocycles. The zero-order valence-electron chi connectivity index (χ0n) is 17.1. The minimum absolute atomic E-state index is 0.158. The summed E-state index contributed by atoms with van der Waals surface area (Å²) in [5.74, 6) is 0.559. The number of carbonyl (C=O) groups excluding carboxylic acids is 2. The summed E-state index contributed by atoms with van der Waals surface area (Å²) in [6.45, 7) is 13.1. The summed E-state index contributed by atoms with van der Waals surface area (Å²) in [6.07, 6.45) is 0. The van der Waals surface area contributed by atoms with E-state index in [1.54, 1.807) is 13.8 Å². The highest BCUT2D eigenvalue weighted by atomic mass is 16.6. The predicted octanol–water partition coefficient (Wildman–Crippen LogP) is 4.14. The van der Waals surface area contributed by atoms with Gasteiger partial charge >= 0.3 is 11.9 Å². The van der Waals surface area contributed by atoms with E-state index in [-0.39, 0.29) is 26.4 Å². The van der Waals surface area contributed by atoms with Crippen LogP contribution in [0.25, 0.3) is 10.8 Å². The van der Waals surface area contributed by atoms with Crippen LogP contribution in [0, 0.1) is 6.92 Å². The number of hydrogen-bond acceptors (Lipinski definition) is 6. The van der Waals surface area contributed by atoms with Crippen LogP contribution in [0.15, 0.2) is 54.6 Å². The zero-order chi connectivity index (χ0) is 21.4. The van der Waals surface area contributed by atoms with Crippen molar-refractivity contribution in [3.63, 3.8) is 0 Å². The molecule has 0 bridgehead atoms. The Hall–Kier alpha value is -3.28. The fraction of sp³-hybridized carbons (Fsp3) is 0.304. The van der Waals surface area contributed by atoms with Gasteiger partial charge in [0.15, 0.2) is 0 Å². The van der Waals surface area contributed by atoms with Crippen LogP contribution >= 0.6 is 0 Å². The van der Waals surface area contributed by atoms with Gasteiger partial charge in [0.05, 0.1) is 0 Å². The van der Waals surface area contributed by atoms with Gasteiger partial charge in [-0.3, -0.25) is 0 Å². The quantitative estimate of drug-likeness (QED) is 0.340. The molecule has 0 spiro atoms. The maximum absolute atomic E-state index is 11.4. The number of esters is 2. The molecule has 0 fully saturated rings. The van der Waals surface area contributed by atoms with Crippen molar-refractivity contribution in [1.29, 1.82) is 0 Å². The third-order valence-electron chi connectivity index (χ3n) is 4.07. The Labute approximate surface area is 170 Å². The molecule has 0 saturated carbocycles. The van der Waals surface area contributed by atoms with Gasteiger partial charge in [0.2, 0.25) is 0 Å². The fourth-order valence-electron chi connectivity index (χ4n) is 2.52. The van der Waals surface area contributed by atoms with Gasteiger partial charge in [0.1, 0.15) is 37.9 Å². The second-order valence-electron chi connectivity index (χ2n) is 6.60. The molecular formula is C23H26O6. The molecular weight excluding hydrogens is 372 g/mol. The van der Waals surface area contributed by atoms with Crippen molar-refractivity contribution < 1.29 is 28.5 Å². The number of hydrogen-bond donors (Lipinski definition) is 0. The van der Waals surface area contributed by atoms with Crippen molar-refractivity contribution in [3.8, 4) is 11.5 Å². The highest BCUT2D eigenvalue weighted by Crippen LogP contribution is 2.30. The van der Waals surface area contributed by atoms with Gasteiger partial charge in [-0.1, -0.05) is 25.3 Å². The van der Waals surface area contributed by atoms with E-state index >= 15 is 0 Å². The second kappa shape index (κ2) is 10.3. The van der Waals surface area contributed by atoms with E-state index in [2.05, 4.69) is 13.2 Å². The lowest BCUT2D eigenvalue weighted by Gasteiger charge is -2.13. The van der Waals surface area contributed by atoms with Gasteiger partial charge in [-0.2, -0.15) is 0 Å². The van der Waals surface area contributed by atoms with Crippen molar-refractivity contribution in [2.75, 3.05) is 26.4 Å². The van der Waals surface area contributed by atoms with Gasteiger partial charge in [-0.25, -0.2) is 9.59 Å². The summed E-state index contributed by atoms with van der Waals surface area (Å²) in [6, 6.07) is 9.53. The molecule has 0 radical (unpaired) electrons. The molecule has 0 atom stereocenters. The van der Waals surface area contributed by atoms with E-state index in [0.29, 0.717) is 16.9 Å². The van der Waals surface area contributed by atoms with Crippen molar-refractivity contribution in [2.45, 2.75) is 20.8 Å².